The predicted molar refractivity (Wildman–Crippen MR) is 135 cm³/mol. The van der Waals surface area contributed by atoms with Crippen LogP contribution in [0.1, 0.15) is 49.6 Å². The van der Waals surface area contributed by atoms with Gasteiger partial charge in [0.05, 0.1) is 24.5 Å². The number of rotatable bonds is 6. The molecule has 1 heterocycles. The Labute approximate surface area is 211 Å². The summed E-state index contributed by atoms with van der Waals surface area (Å²) >= 11 is 1.28. The standard InChI is InChI=1S/C26H23N3O6S/c1-34-26(33)21-18-12-6-8-14-20(18)36-24(21)28-22(30)23(31)29-27-15-17-11-5-7-13-19(17)35-25(32)16-9-3-2-4-10-16/h2-5,7,9-11,13,15H,6,8,12,14H2,1H3,(H,28,30)(H,29,31)/b27-15+. The number of hydrogen-bond acceptors (Lipinski definition) is 8. The molecule has 10 heteroatoms. The van der Waals surface area contributed by atoms with Gasteiger partial charge in [-0.25, -0.2) is 15.0 Å². The Hall–Kier alpha value is -4.31. The fraction of sp³-hybridized carbons (Fsp3) is 0.192. The van der Waals surface area contributed by atoms with Gasteiger partial charge in [-0.1, -0.05) is 30.3 Å². The van der Waals surface area contributed by atoms with Crippen LogP contribution in [-0.2, 0) is 27.2 Å². The Morgan fingerprint density at radius 2 is 1.64 bits per heavy atom. The molecule has 0 fully saturated rings. The van der Waals surface area contributed by atoms with Crippen molar-refractivity contribution >= 4 is 46.3 Å². The van der Waals surface area contributed by atoms with E-state index in [-0.39, 0.29) is 10.8 Å². The first-order valence-corrected chi connectivity index (χ1v) is 12.0. The molecule has 36 heavy (non-hydrogen) atoms. The van der Waals surface area contributed by atoms with Gasteiger partial charge in [0, 0.05) is 10.4 Å². The Balaban J connectivity index is 1.41. The third-order valence-corrected chi connectivity index (χ3v) is 6.70. The highest BCUT2D eigenvalue weighted by Gasteiger charge is 2.28. The van der Waals surface area contributed by atoms with Crippen LogP contribution in [-0.4, -0.2) is 37.1 Å². The van der Waals surface area contributed by atoms with Crippen LogP contribution in [0.4, 0.5) is 5.00 Å². The summed E-state index contributed by atoms with van der Waals surface area (Å²) in [4.78, 5) is 50.5. The van der Waals surface area contributed by atoms with E-state index in [1.54, 1.807) is 54.6 Å². The number of nitrogens with zero attached hydrogens (tertiary/aromatic N) is 1. The summed E-state index contributed by atoms with van der Waals surface area (Å²) in [5.74, 6) is -2.85. The number of fused-ring (bicyclic) bond motifs is 1. The van der Waals surface area contributed by atoms with Crippen LogP contribution < -0.4 is 15.5 Å². The molecule has 4 rings (SSSR count). The lowest BCUT2D eigenvalue weighted by molar-refractivity contribution is -0.136. The average Bonchev–Trinajstić information content (AvgIpc) is 3.27. The van der Waals surface area contributed by atoms with E-state index in [1.807, 2.05) is 0 Å². The third kappa shape index (κ3) is 5.66. The lowest BCUT2D eigenvalue weighted by atomic mass is 9.95. The highest BCUT2D eigenvalue weighted by molar-refractivity contribution is 7.17. The van der Waals surface area contributed by atoms with Crippen molar-refractivity contribution < 1.29 is 28.7 Å². The number of thiophene rings is 1. The van der Waals surface area contributed by atoms with Crippen molar-refractivity contribution in [2.45, 2.75) is 25.7 Å². The first kappa shape index (κ1) is 24.8. The van der Waals surface area contributed by atoms with Crippen molar-refractivity contribution in [2.75, 3.05) is 12.4 Å². The van der Waals surface area contributed by atoms with Crippen molar-refractivity contribution in [3.05, 3.63) is 81.7 Å². The predicted octanol–water partition coefficient (Wildman–Crippen LogP) is 3.72. The molecule has 0 saturated carbocycles. The van der Waals surface area contributed by atoms with Crippen LogP contribution in [0.25, 0.3) is 0 Å². The van der Waals surface area contributed by atoms with Crippen molar-refractivity contribution in [3.8, 4) is 5.75 Å². The van der Waals surface area contributed by atoms with Crippen molar-refractivity contribution in [3.63, 3.8) is 0 Å². The number of carbonyl (C=O) groups excluding carboxylic acids is 4. The van der Waals surface area contributed by atoms with Crippen LogP contribution in [0.3, 0.4) is 0 Å². The second kappa shape index (κ2) is 11.4. The molecule has 0 bridgehead atoms. The normalized spacial score (nSPS) is 12.5. The smallest absolute Gasteiger partial charge is 0.343 e. The summed E-state index contributed by atoms with van der Waals surface area (Å²) in [6.45, 7) is 0. The van der Waals surface area contributed by atoms with Gasteiger partial charge in [0.2, 0.25) is 0 Å². The summed E-state index contributed by atoms with van der Waals surface area (Å²) in [7, 11) is 1.28. The minimum atomic E-state index is -1.02. The Morgan fingerprint density at radius 1 is 0.917 bits per heavy atom. The molecule has 1 aliphatic carbocycles. The van der Waals surface area contributed by atoms with Gasteiger partial charge in [0.1, 0.15) is 10.8 Å². The molecule has 2 N–H and O–H groups in total. The number of anilines is 1. The molecule has 0 unspecified atom stereocenters. The maximum Gasteiger partial charge on any atom is 0.343 e. The number of carbonyl (C=O) groups is 4. The molecular weight excluding hydrogens is 482 g/mol. The van der Waals surface area contributed by atoms with Crippen molar-refractivity contribution in [2.24, 2.45) is 5.10 Å². The number of amides is 2. The van der Waals surface area contributed by atoms with Gasteiger partial charge in [0.25, 0.3) is 0 Å². The van der Waals surface area contributed by atoms with Gasteiger partial charge in [-0.2, -0.15) is 5.10 Å². The van der Waals surface area contributed by atoms with E-state index in [1.165, 1.54) is 24.7 Å². The number of para-hydroxylation sites is 1. The first-order chi connectivity index (χ1) is 17.5. The number of methoxy groups -OCH3 is 1. The molecule has 0 spiro atoms. The molecule has 0 radical (unpaired) electrons. The van der Waals surface area contributed by atoms with Crippen LogP contribution in [0.5, 0.6) is 5.75 Å². The summed E-state index contributed by atoms with van der Waals surface area (Å²) in [6.07, 6.45) is 4.74. The fourth-order valence-electron chi connectivity index (χ4n) is 3.76. The van der Waals surface area contributed by atoms with Gasteiger partial charge < -0.3 is 14.8 Å². The highest BCUT2D eigenvalue weighted by Crippen LogP contribution is 2.38. The molecule has 184 valence electrons. The zero-order chi connectivity index (χ0) is 25.5. The van der Waals surface area contributed by atoms with Gasteiger partial charge in [-0.05, 0) is 55.5 Å². The SMILES string of the molecule is COC(=O)c1c(NC(=O)C(=O)N/N=C/c2ccccc2OC(=O)c2ccccc2)sc2c1CCCC2. The van der Waals surface area contributed by atoms with Gasteiger partial charge in [-0.15, -0.1) is 11.3 Å². The Bertz CT molecular complexity index is 1330. The minimum absolute atomic E-state index is 0.237. The van der Waals surface area contributed by atoms with E-state index in [2.05, 4.69) is 15.8 Å². The van der Waals surface area contributed by atoms with E-state index >= 15 is 0 Å². The van der Waals surface area contributed by atoms with Gasteiger partial charge in [-0.3, -0.25) is 9.59 Å². The maximum atomic E-state index is 12.5. The molecule has 1 aliphatic rings. The zero-order valence-corrected chi connectivity index (χ0v) is 20.2. The minimum Gasteiger partial charge on any atom is -0.465 e. The largest absolute Gasteiger partial charge is 0.465 e. The molecule has 0 atom stereocenters. The Morgan fingerprint density at radius 3 is 2.42 bits per heavy atom. The van der Waals surface area contributed by atoms with Crippen molar-refractivity contribution in [1.82, 2.24) is 5.43 Å². The van der Waals surface area contributed by atoms with E-state index < -0.39 is 23.8 Å². The quantitative estimate of drug-likeness (QED) is 0.173. The Kier molecular flexibility index (Phi) is 7.86. The number of esters is 2. The van der Waals surface area contributed by atoms with E-state index in [0.29, 0.717) is 16.7 Å². The third-order valence-electron chi connectivity index (χ3n) is 5.50. The second-order valence-corrected chi connectivity index (χ2v) is 8.96. The second-order valence-electron chi connectivity index (χ2n) is 7.85. The summed E-state index contributed by atoms with van der Waals surface area (Å²) < 4.78 is 10.3. The molecule has 0 aliphatic heterocycles. The first-order valence-electron chi connectivity index (χ1n) is 11.2. The van der Waals surface area contributed by atoms with Crippen LogP contribution in [0.2, 0.25) is 0 Å². The molecule has 0 saturated heterocycles. The highest BCUT2D eigenvalue weighted by atomic mass is 32.1. The van der Waals surface area contributed by atoms with E-state index in [9.17, 15) is 19.2 Å². The number of hydrazone groups is 1. The number of hydrogen-bond donors (Lipinski definition) is 2. The summed E-state index contributed by atoms with van der Waals surface area (Å²) in [6, 6.07) is 15.1. The van der Waals surface area contributed by atoms with Crippen LogP contribution in [0.15, 0.2) is 59.7 Å². The molecule has 1 aromatic heterocycles. The molecule has 2 amide bonds. The van der Waals surface area contributed by atoms with Gasteiger partial charge in [0.15, 0.2) is 0 Å². The fourth-order valence-corrected chi connectivity index (χ4v) is 5.03. The number of ether oxygens (including phenoxy) is 2. The molecular formula is C26H23N3O6S. The average molecular weight is 506 g/mol. The molecule has 3 aromatic rings. The number of aryl methyl sites for hydroxylation is 1. The molecule has 9 nitrogen and oxygen atoms in total. The van der Waals surface area contributed by atoms with Gasteiger partial charge >= 0.3 is 23.8 Å². The zero-order valence-electron chi connectivity index (χ0n) is 19.4. The van der Waals surface area contributed by atoms with Crippen molar-refractivity contribution in [1.29, 1.82) is 0 Å². The van der Waals surface area contributed by atoms with Crippen LogP contribution >= 0.6 is 11.3 Å². The van der Waals surface area contributed by atoms with E-state index in [4.69, 9.17) is 9.47 Å². The maximum absolute atomic E-state index is 12.5. The lowest BCUT2D eigenvalue weighted by Crippen LogP contribution is -2.32. The monoisotopic (exact) mass is 505 g/mol. The lowest BCUT2D eigenvalue weighted by Gasteiger charge is -2.11. The summed E-state index contributed by atoms with van der Waals surface area (Å²) in [5, 5.41) is 6.62. The topological polar surface area (TPSA) is 123 Å². The number of benzene rings is 2. The van der Waals surface area contributed by atoms with Crippen LogP contribution in [0, 0.1) is 0 Å². The summed E-state index contributed by atoms with van der Waals surface area (Å²) in [5.41, 5.74) is 4.13. The number of nitrogens with one attached hydrogen (secondary N) is 2. The van der Waals surface area contributed by atoms with E-state index in [0.717, 1.165) is 36.1 Å². The molecule has 2 aromatic carbocycles.